The first kappa shape index (κ1) is 19.3. The summed E-state index contributed by atoms with van der Waals surface area (Å²) in [5, 5.41) is 0. The minimum Gasteiger partial charge on any atom is -0.400 e. The van der Waals surface area contributed by atoms with Crippen LogP contribution in [0.1, 0.15) is 38.8 Å². The Bertz CT molecular complexity index is 640. The molecule has 1 aromatic rings. The van der Waals surface area contributed by atoms with Gasteiger partial charge in [0, 0.05) is 5.75 Å². The molecule has 0 atom stereocenters. The van der Waals surface area contributed by atoms with Gasteiger partial charge in [0.25, 0.3) is 0 Å². The highest BCUT2D eigenvalue weighted by Gasteiger charge is 2.52. The maximum atomic E-state index is 13.7. The third-order valence-corrected chi connectivity index (χ3v) is 4.77. The molecule has 132 valence electrons. The Morgan fingerprint density at radius 3 is 2.17 bits per heavy atom. The van der Waals surface area contributed by atoms with Crippen molar-refractivity contribution in [1.82, 2.24) is 0 Å². The molecular formula is C16H19BF4O2S. The molecule has 2 nitrogen and oxygen atoms in total. The van der Waals surface area contributed by atoms with Crippen LogP contribution in [0, 0.1) is 5.82 Å². The average molecular weight is 362 g/mol. The van der Waals surface area contributed by atoms with Crippen LogP contribution in [-0.4, -0.2) is 24.1 Å². The van der Waals surface area contributed by atoms with Crippen molar-refractivity contribution in [1.29, 1.82) is 0 Å². The average Bonchev–Trinajstić information content (AvgIpc) is 2.63. The summed E-state index contributed by atoms with van der Waals surface area (Å²) >= 11 is 4.16. The highest BCUT2D eigenvalue weighted by atomic mass is 32.1. The van der Waals surface area contributed by atoms with E-state index in [0.717, 1.165) is 6.07 Å². The van der Waals surface area contributed by atoms with Crippen LogP contribution in [0.25, 0.3) is 6.08 Å². The molecule has 0 unspecified atom stereocenters. The zero-order chi connectivity index (χ0) is 18.3. The lowest BCUT2D eigenvalue weighted by Gasteiger charge is -2.32. The summed E-state index contributed by atoms with van der Waals surface area (Å²) in [7, 11) is -0.836. The van der Waals surface area contributed by atoms with Gasteiger partial charge in [-0.05, 0) is 44.8 Å². The number of benzene rings is 1. The molecule has 1 fully saturated rings. The van der Waals surface area contributed by atoms with Crippen molar-refractivity contribution >= 4 is 25.8 Å². The van der Waals surface area contributed by atoms with Crippen molar-refractivity contribution in [2.75, 3.05) is 5.75 Å². The smallest absolute Gasteiger partial charge is 0.400 e. The molecule has 0 aliphatic carbocycles. The van der Waals surface area contributed by atoms with Gasteiger partial charge in [0.1, 0.15) is 5.82 Å². The van der Waals surface area contributed by atoms with Gasteiger partial charge in [-0.3, -0.25) is 0 Å². The molecule has 0 radical (unpaired) electrons. The monoisotopic (exact) mass is 362 g/mol. The molecular weight excluding hydrogens is 343 g/mol. The predicted molar refractivity (Wildman–Crippen MR) is 89.3 cm³/mol. The zero-order valence-corrected chi connectivity index (χ0v) is 14.8. The molecule has 0 aromatic heterocycles. The first-order valence-electron chi connectivity index (χ1n) is 7.42. The first-order chi connectivity index (χ1) is 10.9. The molecule has 1 aromatic carbocycles. The summed E-state index contributed by atoms with van der Waals surface area (Å²) in [6, 6.07) is 3.23. The first-order valence-corrected chi connectivity index (χ1v) is 8.05. The molecule has 0 bridgehead atoms. The Hall–Kier alpha value is -0.985. The number of hydrogen-bond donors (Lipinski definition) is 1. The van der Waals surface area contributed by atoms with Crippen molar-refractivity contribution in [3.8, 4) is 0 Å². The van der Waals surface area contributed by atoms with Crippen molar-refractivity contribution in [3.63, 3.8) is 0 Å². The second kappa shape index (κ2) is 6.39. The van der Waals surface area contributed by atoms with Crippen molar-refractivity contribution < 1.29 is 26.9 Å². The normalized spacial score (nSPS) is 20.5. The van der Waals surface area contributed by atoms with Crippen LogP contribution >= 0.6 is 12.6 Å². The van der Waals surface area contributed by atoms with E-state index in [4.69, 9.17) is 9.31 Å². The molecule has 2 rings (SSSR count). The summed E-state index contributed by atoms with van der Waals surface area (Å²) < 4.78 is 64.8. The number of hydrogen-bond acceptors (Lipinski definition) is 3. The van der Waals surface area contributed by atoms with E-state index < -0.39 is 35.9 Å². The van der Waals surface area contributed by atoms with E-state index in [1.54, 1.807) is 0 Å². The SMILES string of the molecule is CC1(C)OB(C(=Cc2cccc(F)c2C(F)(F)F)CS)OC1(C)C. The summed E-state index contributed by atoms with van der Waals surface area (Å²) in [6.45, 7) is 7.36. The van der Waals surface area contributed by atoms with E-state index >= 15 is 0 Å². The largest absolute Gasteiger partial charge is 0.491 e. The molecule has 8 heteroatoms. The van der Waals surface area contributed by atoms with Gasteiger partial charge in [-0.15, -0.1) is 0 Å². The van der Waals surface area contributed by atoms with Crippen LogP contribution in [0.15, 0.2) is 23.7 Å². The number of thiol groups is 1. The number of alkyl halides is 3. The van der Waals surface area contributed by atoms with Gasteiger partial charge < -0.3 is 9.31 Å². The lowest BCUT2D eigenvalue weighted by Crippen LogP contribution is -2.41. The second-order valence-corrected chi connectivity index (χ2v) is 6.98. The minimum absolute atomic E-state index is 0.116. The van der Waals surface area contributed by atoms with Crippen LogP contribution in [0.3, 0.4) is 0 Å². The fourth-order valence-corrected chi connectivity index (χ4v) is 2.58. The molecule has 0 saturated carbocycles. The van der Waals surface area contributed by atoms with E-state index in [-0.39, 0.29) is 11.3 Å². The highest BCUT2D eigenvalue weighted by molar-refractivity contribution is 7.80. The van der Waals surface area contributed by atoms with E-state index in [1.807, 2.05) is 27.7 Å². The van der Waals surface area contributed by atoms with Crippen LogP contribution in [-0.2, 0) is 15.5 Å². The Balaban J connectivity index is 2.45. The van der Waals surface area contributed by atoms with Crippen molar-refractivity contribution in [2.24, 2.45) is 0 Å². The van der Waals surface area contributed by atoms with Gasteiger partial charge in [-0.2, -0.15) is 25.8 Å². The quantitative estimate of drug-likeness (QED) is 0.474. The third-order valence-electron chi connectivity index (χ3n) is 4.41. The summed E-state index contributed by atoms with van der Waals surface area (Å²) in [4.78, 5) is 0. The van der Waals surface area contributed by atoms with Gasteiger partial charge in [-0.1, -0.05) is 18.2 Å². The van der Waals surface area contributed by atoms with Crippen LogP contribution in [0.2, 0.25) is 0 Å². The Morgan fingerprint density at radius 1 is 1.17 bits per heavy atom. The molecule has 1 aliphatic heterocycles. The molecule has 1 saturated heterocycles. The highest BCUT2D eigenvalue weighted by Crippen LogP contribution is 2.40. The lowest BCUT2D eigenvalue weighted by molar-refractivity contribution is -0.140. The molecule has 24 heavy (non-hydrogen) atoms. The van der Waals surface area contributed by atoms with Crippen LogP contribution in [0.4, 0.5) is 17.6 Å². The zero-order valence-electron chi connectivity index (χ0n) is 13.9. The van der Waals surface area contributed by atoms with E-state index in [9.17, 15) is 17.6 Å². The fourth-order valence-electron chi connectivity index (χ4n) is 2.34. The van der Waals surface area contributed by atoms with Gasteiger partial charge >= 0.3 is 13.3 Å². The Morgan fingerprint density at radius 2 is 1.71 bits per heavy atom. The van der Waals surface area contributed by atoms with E-state index in [2.05, 4.69) is 12.6 Å². The third kappa shape index (κ3) is 3.65. The van der Waals surface area contributed by atoms with E-state index in [0.29, 0.717) is 5.47 Å². The number of rotatable bonds is 3. The van der Waals surface area contributed by atoms with Gasteiger partial charge in [0.2, 0.25) is 0 Å². The van der Waals surface area contributed by atoms with Crippen LogP contribution in [0.5, 0.6) is 0 Å². The number of halogens is 4. The van der Waals surface area contributed by atoms with Gasteiger partial charge in [0.05, 0.1) is 16.8 Å². The van der Waals surface area contributed by atoms with Crippen molar-refractivity contribution in [2.45, 2.75) is 45.1 Å². The molecule has 0 amide bonds. The van der Waals surface area contributed by atoms with Crippen LogP contribution < -0.4 is 0 Å². The maximum Gasteiger partial charge on any atom is 0.491 e. The summed E-state index contributed by atoms with van der Waals surface area (Å²) in [5.41, 5.74) is -2.45. The second-order valence-electron chi connectivity index (χ2n) is 6.67. The Kier molecular flexibility index (Phi) is 5.15. The molecule has 1 aliphatic rings. The molecule has 1 heterocycles. The summed E-state index contributed by atoms with van der Waals surface area (Å²) in [5.74, 6) is -1.20. The fraction of sp³-hybridized carbons (Fsp3) is 0.500. The summed E-state index contributed by atoms with van der Waals surface area (Å²) in [6.07, 6.45) is -3.56. The molecule has 0 spiro atoms. The minimum atomic E-state index is -4.80. The van der Waals surface area contributed by atoms with Crippen molar-refractivity contribution in [3.05, 3.63) is 40.6 Å². The van der Waals surface area contributed by atoms with E-state index in [1.165, 1.54) is 18.2 Å². The topological polar surface area (TPSA) is 18.5 Å². The Labute approximate surface area is 144 Å². The molecule has 0 N–H and O–H groups in total. The predicted octanol–water partition coefficient (Wildman–Crippen LogP) is 4.79. The maximum absolute atomic E-state index is 13.7. The van der Waals surface area contributed by atoms with Gasteiger partial charge in [0.15, 0.2) is 0 Å². The lowest BCUT2D eigenvalue weighted by atomic mass is 9.78. The standard InChI is InChI=1S/C16H19BF4O2S/c1-14(2)15(3,4)23-17(22-14)11(9-24)8-10-6-5-7-12(18)13(10)16(19,20)21/h5-8,24H,9H2,1-4H3. The van der Waals surface area contributed by atoms with Gasteiger partial charge in [-0.25, -0.2) is 4.39 Å².